The summed E-state index contributed by atoms with van der Waals surface area (Å²) in [5, 5.41) is 0. The van der Waals surface area contributed by atoms with E-state index in [-0.39, 0.29) is 30.9 Å². The molecule has 0 aliphatic heterocycles. The van der Waals surface area contributed by atoms with E-state index in [4.69, 9.17) is 9.47 Å². The summed E-state index contributed by atoms with van der Waals surface area (Å²) >= 11 is 0. The van der Waals surface area contributed by atoms with Crippen LogP contribution in [0.15, 0.2) is 0 Å². The third-order valence-electron chi connectivity index (χ3n) is 3.03. The third kappa shape index (κ3) is 10.5. The van der Waals surface area contributed by atoms with Gasteiger partial charge >= 0.3 is 11.9 Å². The first-order valence-corrected chi connectivity index (χ1v) is 7.32. The van der Waals surface area contributed by atoms with Crippen LogP contribution in [0.5, 0.6) is 0 Å². The molecule has 0 N–H and O–H groups in total. The average Bonchev–Trinajstić information content (AvgIpc) is 2.34. The van der Waals surface area contributed by atoms with Crippen LogP contribution < -0.4 is 0 Å². The van der Waals surface area contributed by atoms with Crippen molar-refractivity contribution in [3.8, 4) is 0 Å². The molecule has 0 aromatic rings. The molecule has 0 aliphatic rings. The van der Waals surface area contributed by atoms with E-state index in [2.05, 4.69) is 6.92 Å². The van der Waals surface area contributed by atoms with Crippen LogP contribution in [0.25, 0.3) is 0 Å². The fourth-order valence-electron chi connectivity index (χ4n) is 1.39. The molecule has 0 rings (SSSR count). The van der Waals surface area contributed by atoms with E-state index in [9.17, 15) is 9.59 Å². The first-order chi connectivity index (χ1) is 8.97. The van der Waals surface area contributed by atoms with Crippen LogP contribution >= 0.6 is 0 Å². The lowest BCUT2D eigenvalue weighted by Crippen LogP contribution is -2.20. The molecule has 112 valence electrons. The average molecular weight is 272 g/mol. The monoisotopic (exact) mass is 272 g/mol. The molecule has 0 fully saturated rings. The first-order valence-electron chi connectivity index (χ1n) is 7.32. The second-order valence-corrected chi connectivity index (χ2v) is 5.22. The Hall–Kier alpha value is -1.06. The van der Waals surface area contributed by atoms with E-state index < -0.39 is 0 Å². The van der Waals surface area contributed by atoms with E-state index in [0.29, 0.717) is 18.9 Å². The van der Waals surface area contributed by atoms with Crippen LogP contribution in [0, 0.1) is 5.92 Å². The second kappa shape index (κ2) is 10.8. The molecule has 0 amide bonds. The molecule has 4 heteroatoms. The summed E-state index contributed by atoms with van der Waals surface area (Å²) in [6.45, 7) is 8.48. The van der Waals surface area contributed by atoms with Crippen LogP contribution in [-0.2, 0) is 19.1 Å². The molecule has 0 radical (unpaired) electrons. The van der Waals surface area contributed by atoms with Crippen molar-refractivity contribution in [2.24, 2.45) is 5.92 Å². The summed E-state index contributed by atoms with van der Waals surface area (Å²) < 4.78 is 10.3. The van der Waals surface area contributed by atoms with Gasteiger partial charge in [-0.2, -0.15) is 0 Å². The summed E-state index contributed by atoms with van der Waals surface area (Å²) in [5.74, 6) is -0.145. The van der Waals surface area contributed by atoms with Gasteiger partial charge in [0, 0.05) is 12.8 Å². The van der Waals surface area contributed by atoms with Gasteiger partial charge in [-0.1, -0.05) is 33.6 Å². The van der Waals surface area contributed by atoms with Gasteiger partial charge < -0.3 is 9.47 Å². The number of hydrogen-bond donors (Lipinski definition) is 0. The van der Waals surface area contributed by atoms with Gasteiger partial charge in [-0.25, -0.2) is 0 Å². The van der Waals surface area contributed by atoms with Crippen molar-refractivity contribution >= 4 is 11.9 Å². The van der Waals surface area contributed by atoms with E-state index in [1.807, 2.05) is 20.8 Å². The van der Waals surface area contributed by atoms with Crippen molar-refractivity contribution in [1.82, 2.24) is 0 Å². The molecule has 1 unspecified atom stereocenters. The Morgan fingerprint density at radius 3 is 2.16 bits per heavy atom. The Bertz CT molecular complexity index is 261. The predicted molar refractivity (Wildman–Crippen MR) is 74.7 cm³/mol. The second-order valence-electron chi connectivity index (χ2n) is 5.22. The minimum Gasteiger partial charge on any atom is -0.466 e. The van der Waals surface area contributed by atoms with Gasteiger partial charge in [0.15, 0.2) is 0 Å². The van der Waals surface area contributed by atoms with E-state index in [0.717, 1.165) is 19.3 Å². The number of ether oxygens (including phenoxy) is 2. The topological polar surface area (TPSA) is 52.6 Å². The van der Waals surface area contributed by atoms with E-state index >= 15 is 0 Å². The van der Waals surface area contributed by atoms with Crippen molar-refractivity contribution in [2.45, 2.75) is 72.3 Å². The molecule has 0 aliphatic carbocycles. The summed E-state index contributed by atoms with van der Waals surface area (Å²) in [4.78, 5) is 22.8. The van der Waals surface area contributed by atoms with Crippen LogP contribution in [0.4, 0.5) is 0 Å². The number of hydrogen-bond acceptors (Lipinski definition) is 4. The molecule has 0 saturated carbocycles. The summed E-state index contributed by atoms with van der Waals surface area (Å²) in [5.41, 5.74) is 0. The maximum atomic E-state index is 11.5. The van der Waals surface area contributed by atoms with E-state index in [1.165, 1.54) is 0 Å². The molecule has 19 heavy (non-hydrogen) atoms. The highest BCUT2D eigenvalue weighted by Gasteiger charge is 2.13. The molecule has 0 aromatic heterocycles. The minimum atomic E-state index is -0.236. The maximum absolute atomic E-state index is 11.5. The van der Waals surface area contributed by atoms with Crippen molar-refractivity contribution in [2.75, 3.05) is 6.61 Å². The number of carbonyl (C=O) groups excluding carboxylic acids is 2. The molecule has 0 saturated heterocycles. The fraction of sp³-hybridized carbons (Fsp3) is 0.867. The number of esters is 2. The minimum absolute atomic E-state index is 0.0755. The van der Waals surface area contributed by atoms with Gasteiger partial charge in [-0.3, -0.25) is 9.59 Å². The van der Waals surface area contributed by atoms with Gasteiger partial charge in [-0.15, -0.1) is 0 Å². The number of carbonyl (C=O) groups is 2. The molecular formula is C15H28O4. The summed E-state index contributed by atoms with van der Waals surface area (Å²) in [7, 11) is 0. The molecule has 0 bridgehead atoms. The smallest absolute Gasteiger partial charge is 0.306 e. The lowest BCUT2D eigenvalue weighted by Gasteiger charge is -2.16. The van der Waals surface area contributed by atoms with Gasteiger partial charge in [0.25, 0.3) is 0 Å². The molecule has 1 atom stereocenters. The third-order valence-corrected chi connectivity index (χ3v) is 3.03. The Morgan fingerprint density at radius 2 is 1.58 bits per heavy atom. The predicted octanol–water partition coefficient (Wildman–Crippen LogP) is 3.48. The lowest BCUT2D eigenvalue weighted by molar-refractivity contribution is -0.150. The maximum Gasteiger partial charge on any atom is 0.306 e. The first kappa shape index (κ1) is 17.9. The van der Waals surface area contributed by atoms with Crippen molar-refractivity contribution in [3.05, 3.63) is 0 Å². The van der Waals surface area contributed by atoms with Crippen LogP contribution in [0.1, 0.15) is 66.2 Å². The number of unbranched alkanes of at least 4 members (excludes halogenated alkanes) is 2. The Balaban J connectivity index is 3.56. The SMILES string of the molecule is CCCCCOC(=O)CCCC(=O)OC(C)C(C)C. The zero-order valence-corrected chi connectivity index (χ0v) is 12.7. The Morgan fingerprint density at radius 1 is 0.947 bits per heavy atom. The van der Waals surface area contributed by atoms with Gasteiger partial charge in [0.2, 0.25) is 0 Å². The van der Waals surface area contributed by atoms with Crippen LogP contribution in [0.3, 0.4) is 0 Å². The molecule has 0 heterocycles. The normalized spacial score (nSPS) is 12.3. The van der Waals surface area contributed by atoms with Gasteiger partial charge in [0.05, 0.1) is 6.61 Å². The summed E-state index contributed by atoms with van der Waals surface area (Å²) in [6, 6.07) is 0. The quantitative estimate of drug-likeness (QED) is 0.451. The zero-order valence-electron chi connectivity index (χ0n) is 12.7. The largest absolute Gasteiger partial charge is 0.466 e. The lowest BCUT2D eigenvalue weighted by atomic mass is 10.1. The standard InChI is InChI=1S/C15H28O4/c1-5-6-7-11-18-14(16)9-8-10-15(17)19-13(4)12(2)3/h12-13H,5-11H2,1-4H3. The summed E-state index contributed by atoms with van der Waals surface area (Å²) in [6.07, 6.45) is 4.09. The van der Waals surface area contributed by atoms with E-state index in [1.54, 1.807) is 0 Å². The molecule has 4 nitrogen and oxygen atoms in total. The van der Waals surface area contributed by atoms with Crippen LogP contribution in [-0.4, -0.2) is 24.6 Å². The van der Waals surface area contributed by atoms with Gasteiger partial charge in [-0.05, 0) is 25.7 Å². The van der Waals surface area contributed by atoms with Crippen LogP contribution in [0.2, 0.25) is 0 Å². The number of rotatable bonds is 10. The highest BCUT2D eigenvalue weighted by atomic mass is 16.5. The van der Waals surface area contributed by atoms with Crippen molar-refractivity contribution in [3.63, 3.8) is 0 Å². The van der Waals surface area contributed by atoms with Gasteiger partial charge in [0.1, 0.15) is 6.10 Å². The zero-order chi connectivity index (χ0) is 14.7. The highest BCUT2D eigenvalue weighted by Crippen LogP contribution is 2.08. The highest BCUT2D eigenvalue weighted by molar-refractivity contribution is 5.72. The van der Waals surface area contributed by atoms with Crippen molar-refractivity contribution < 1.29 is 19.1 Å². The fourth-order valence-corrected chi connectivity index (χ4v) is 1.39. The Kier molecular flexibility index (Phi) is 10.2. The van der Waals surface area contributed by atoms with Crippen molar-refractivity contribution in [1.29, 1.82) is 0 Å². The Labute approximate surface area is 116 Å². The molecule has 0 aromatic carbocycles. The molecule has 0 spiro atoms. The molecular weight excluding hydrogens is 244 g/mol.